The molecule has 102 valence electrons. The fraction of sp³-hybridized carbons (Fsp3) is 0.438. The third-order valence-electron chi connectivity index (χ3n) is 3.28. The van der Waals surface area contributed by atoms with Crippen LogP contribution in [0.4, 0.5) is 0 Å². The average Bonchev–Trinajstić information content (AvgIpc) is 2.68. The second-order valence-electron chi connectivity index (χ2n) is 5.10. The first kappa shape index (κ1) is 14.2. The van der Waals surface area contributed by atoms with Crippen molar-refractivity contribution >= 4 is 11.3 Å². The van der Waals surface area contributed by atoms with Gasteiger partial charge < -0.3 is 5.32 Å². The molecule has 0 radical (unpaired) electrons. The van der Waals surface area contributed by atoms with Crippen LogP contribution in [0.1, 0.15) is 39.7 Å². The largest absolute Gasteiger partial charge is 0.309 e. The van der Waals surface area contributed by atoms with Gasteiger partial charge >= 0.3 is 0 Å². The van der Waals surface area contributed by atoms with E-state index in [1.165, 1.54) is 16.0 Å². The first-order valence-corrected chi connectivity index (χ1v) is 7.61. The lowest BCUT2D eigenvalue weighted by atomic mass is 10.1. The molecule has 0 fully saturated rings. The summed E-state index contributed by atoms with van der Waals surface area (Å²) in [4.78, 5) is 5.85. The number of rotatable bonds is 5. The normalized spacial score (nSPS) is 12.6. The highest BCUT2D eigenvalue weighted by atomic mass is 32.1. The van der Waals surface area contributed by atoms with Crippen LogP contribution in [0.25, 0.3) is 0 Å². The predicted octanol–water partition coefficient (Wildman–Crippen LogP) is 3.96. The first-order chi connectivity index (χ1) is 9.06. The Labute approximate surface area is 119 Å². The molecule has 0 aliphatic carbocycles. The number of aryl methyl sites for hydroxylation is 3. The van der Waals surface area contributed by atoms with Gasteiger partial charge in [-0.3, -0.25) is 0 Å². The van der Waals surface area contributed by atoms with Crippen molar-refractivity contribution in [2.45, 2.75) is 40.2 Å². The third-order valence-corrected chi connectivity index (χ3v) is 4.53. The van der Waals surface area contributed by atoms with Crippen molar-refractivity contribution in [2.24, 2.45) is 0 Å². The lowest BCUT2D eigenvalue weighted by molar-refractivity contribution is 0.581. The van der Waals surface area contributed by atoms with Gasteiger partial charge in [-0.25, -0.2) is 4.98 Å². The third kappa shape index (κ3) is 3.88. The Hall–Kier alpha value is -1.19. The van der Waals surface area contributed by atoms with Crippen molar-refractivity contribution in [3.05, 3.63) is 51.0 Å². The Balaban J connectivity index is 1.87. The van der Waals surface area contributed by atoms with E-state index in [-0.39, 0.29) is 0 Å². The van der Waals surface area contributed by atoms with Gasteiger partial charge in [-0.2, -0.15) is 0 Å². The number of thiazole rings is 1. The van der Waals surface area contributed by atoms with Gasteiger partial charge in [-0.1, -0.05) is 29.8 Å². The van der Waals surface area contributed by atoms with Crippen LogP contribution in [0.15, 0.2) is 24.3 Å². The van der Waals surface area contributed by atoms with Gasteiger partial charge in [0.2, 0.25) is 0 Å². The van der Waals surface area contributed by atoms with Crippen molar-refractivity contribution in [3.63, 3.8) is 0 Å². The maximum Gasteiger partial charge on any atom is 0.0900 e. The molecule has 2 rings (SSSR count). The molecule has 0 saturated heterocycles. The Morgan fingerprint density at radius 2 is 2.05 bits per heavy atom. The number of benzene rings is 1. The van der Waals surface area contributed by atoms with Crippen LogP contribution in [0.2, 0.25) is 0 Å². The Morgan fingerprint density at radius 1 is 1.26 bits per heavy atom. The average molecular weight is 274 g/mol. The summed E-state index contributed by atoms with van der Waals surface area (Å²) in [5.74, 6) is 0. The fourth-order valence-electron chi connectivity index (χ4n) is 2.34. The highest BCUT2D eigenvalue weighted by Gasteiger charge is 2.11. The van der Waals surface area contributed by atoms with E-state index in [0.29, 0.717) is 6.04 Å². The van der Waals surface area contributed by atoms with Gasteiger partial charge in [0.15, 0.2) is 0 Å². The highest BCUT2D eigenvalue weighted by molar-refractivity contribution is 7.11. The van der Waals surface area contributed by atoms with E-state index in [9.17, 15) is 0 Å². The number of hydrogen-bond acceptors (Lipinski definition) is 3. The summed E-state index contributed by atoms with van der Waals surface area (Å²) in [6, 6.07) is 9.11. The summed E-state index contributed by atoms with van der Waals surface area (Å²) >= 11 is 1.80. The van der Waals surface area contributed by atoms with Crippen LogP contribution < -0.4 is 5.32 Å². The number of nitrogens with one attached hydrogen (secondary N) is 1. The van der Waals surface area contributed by atoms with Crippen molar-refractivity contribution in [3.8, 4) is 0 Å². The lowest BCUT2D eigenvalue weighted by Gasteiger charge is -2.13. The zero-order valence-corrected chi connectivity index (χ0v) is 13.0. The van der Waals surface area contributed by atoms with Crippen molar-refractivity contribution in [2.75, 3.05) is 6.54 Å². The molecule has 1 N–H and O–H groups in total. The van der Waals surface area contributed by atoms with Crippen LogP contribution in [0.3, 0.4) is 0 Å². The summed E-state index contributed by atoms with van der Waals surface area (Å²) in [6.07, 6.45) is 1.07. The predicted molar refractivity (Wildman–Crippen MR) is 82.9 cm³/mol. The molecule has 0 spiro atoms. The molecule has 2 aromatic rings. The molecule has 0 amide bonds. The van der Waals surface area contributed by atoms with Crippen molar-refractivity contribution < 1.29 is 0 Å². The quantitative estimate of drug-likeness (QED) is 0.892. The minimum Gasteiger partial charge on any atom is -0.309 e. The molecular formula is C16H22N2S. The molecule has 2 nitrogen and oxygen atoms in total. The monoisotopic (exact) mass is 274 g/mol. The zero-order chi connectivity index (χ0) is 13.8. The van der Waals surface area contributed by atoms with Crippen LogP contribution in [-0.4, -0.2) is 11.5 Å². The molecule has 19 heavy (non-hydrogen) atoms. The lowest BCUT2D eigenvalue weighted by Crippen LogP contribution is -2.21. The fourth-order valence-corrected chi connectivity index (χ4v) is 3.30. The molecule has 1 heterocycles. The standard InChI is InChI=1S/C16H22N2S/c1-11-6-5-7-15(10-11)8-9-17-12(2)16-13(3)18-14(4)19-16/h5-7,10,12,17H,8-9H2,1-4H3. The van der Waals surface area contributed by atoms with E-state index in [1.807, 2.05) is 0 Å². The topological polar surface area (TPSA) is 24.9 Å². The van der Waals surface area contributed by atoms with E-state index in [1.54, 1.807) is 11.3 Å². The molecule has 1 aromatic carbocycles. The maximum atomic E-state index is 4.49. The van der Waals surface area contributed by atoms with Crippen molar-refractivity contribution in [1.29, 1.82) is 0 Å². The molecule has 3 heteroatoms. The molecule has 0 aliphatic rings. The van der Waals surface area contributed by atoms with Gasteiger partial charge in [-0.15, -0.1) is 11.3 Å². The van der Waals surface area contributed by atoms with Crippen LogP contribution in [0, 0.1) is 20.8 Å². The van der Waals surface area contributed by atoms with Gasteiger partial charge in [0.25, 0.3) is 0 Å². The summed E-state index contributed by atoms with van der Waals surface area (Å²) in [7, 11) is 0. The number of aromatic nitrogens is 1. The Bertz CT molecular complexity index is 545. The molecule has 0 aliphatic heterocycles. The highest BCUT2D eigenvalue weighted by Crippen LogP contribution is 2.24. The van der Waals surface area contributed by atoms with Gasteiger partial charge in [0.1, 0.15) is 0 Å². The van der Waals surface area contributed by atoms with E-state index in [4.69, 9.17) is 0 Å². The number of hydrogen-bond donors (Lipinski definition) is 1. The van der Waals surface area contributed by atoms with Crippen LogP contribution in [-0.2, 0) is 6.42 Å². The second-order valence-corrected chi connectivity index (χ2v) is 6.33. The van der Waals surface area contributed by atoms with E-state index >= 15 is 0 Å². The van der Waals surface area contributed by atoms with Gasteiger partial charge in [0.05, 0.1) is 10.7 Å². The Morgan fingerprint density at radius 3 is 2.68 bits per heavy atom. The van der Waals surface area contributed by atoms with Crippen LogP contribution >= 0.6 is 11.3 Å². The summed E-state index contributed by atoms with van der Waals surface area (Å²) < 4.78 is 0. The second kappa shape index (κ2) is 6.31. The summed E-state index contributed by atoms with van der Waals surface area (Å²) in [6.45, 7) is 9.53. The molecule has 0 saturated carbocycles. The summed E-state index contributed by atoms with van der Waals surface area (Å²) in [5.41, 5.74) is 3.90. The van der Waals surface area contributed by atoms with E-state index in [2.05, 4.69) is 62.3 Å². The molecular weight excluding hydrogens is 252 g/mol. The molecule has 1 atom stereocenters. The Kier molecular flexibility index (Phi) is 4.72. The molecule has 1 aromatic heterocycles. The van der Waals surface area contributed by atoms with Crippen molar-refractivity contribution in [1.82, 2.24) is 10.3 Å². The van der Waals surface area contributed by atoms with Gasteiger partial charge in [-0.05, 0) is 46.2 Å². The minimum absolute atomic E-state index is 0.385. The zero-order valence-electron chi connectivity index (χ0n) is 12.2. The SMILES string of the molecule is Cc1cccc(CCNC(C)c2sc(C)nc2C)c1. The van der Waals surface area contributed by atoms with E-state index in [0.717, 1.165) is 23.7 Å². The van der Waals surface area contributed by atoms with E-state index < -0.39 is 0 Å². The first-order valence-electron chi connectivity index (χ1n) is 6.79. The summed E-state index contributed by atoms with van der Waals surface area (Å²) in [5, 5.41) is 4.74. The van der Waals surface area contributed by atoms with Crippen LogP contribution in [0.5, 0.6) is 0 Å². The number of nitrogens with zero attached hydrogens (tertiary/aromatic N) is 1. The minimum atomic E-state index is 0.385. The maximum absolute atomic E-state index is 4.49. The van der Waals surface area contributed by atoms with Gasteiger partial charge in [0, 0.05) is 10.9 Å². The smallest absolute Gasteiger partial charge is 0.0900 e. The molecule has 0 bridgehead atoms. The molecule has 1 unspecified atom stereocenters.